The van der Waals surface area contributed by atoms with Crippen LogP contribution in [0, 0.1) is 6.92 Å². The Balaban J connectivity index is 1.49. The minimum absolute atomic E-state index is 0.0379. The largest absolute Gasteiger partial charge is 0.469 e. The quantitative estimate of drug-likeness (QED) is 0.845. The molecule has 23 heavy (non-hydrogen) atoms. The van der Waals surface area contributed by atoms with E-state index in [0.717, 1.165) is 18.6 Å². The molecule has 0 amide bonds. The molecular formula is C16H23FN4O2. The molecule has 1 aliphatic rings. The first-order valence-corrected chi connectivity index (χ1v) is 8.08. The number of halogens is 1. The number of hydrogen-bond donors (Lipinski definition) is 1. The van der Waals surface area contributed by atoms with Gasteiger partial charge in [-0.1, -0.05) is 5.10 Å². The summed E-state index contributed by atoms with van der Waals surface area (Å²) >= 11 is 0. The molecule has 0 bridgehead atoms. The third-order valence-electron chi connectivity index (χ3n) is 4.23. The molecule has 0 unspecified atom stereocenters. The highest BCUT2D eigenvalue weighted by molar-refractivity contribution is 5.30. The second kappa shape index (κ2) is 7.12. The maximum atomic E-state index is 13.8. The van der Waals surface area contributed by atoms with Gasteiger partial charge in [-0.2, -0.15) is 0 Å². The van der Waals surface area contributed by atoms with Crippen LogP contribution < -0.4 is 10.2 Å². The van der Waals surface area contributed by atoms with E-state index in [2.05, 4.69) is 22.4 Å². The minimum atomic E-state index is -0.854. The normalized spacial score (nSPS) is 22.7. The molecule has 2 aromatic rings. The molecule has 7 heteroatoms. The molecule has 0 spiro atoms. The second-order valence-electron chi connectivity index (χ2n) is 6.17. The smallest absolute Gasteiger partial charge is 0.318 e. The van der Waals surface area contributed by atoms with Gasteiger partial charge in [-0.25, -0.2) is 4.39 Å². The van der Waals surface area contributed by atoms with Gasteiger partial charge in [-0.15, -0.1) is 5.10 Å². The summed E-state index contributed by atoms with van der Waals surface area (Å²) in [7, 11) is 0. The SMILES string of the molecule is Cc1nnc(N2C[C@@H](F)C[C@H]2CN[C@@H](C)CCc2ccco2)o1. The average Bonchev–Trinajstić information content (AvgIpc) is 3.24. The lowest BCUT2D eigenvalue weighted by molar-refractivity contribution is 0.351. The first kappa shape index (κ1) is 16.0. The number of furan rings is 1. The number of aromatic nitrogens is 2. The Morgan fingerprint density at radius 3 is 3.04 bits per heavy atom. The van der Waals surface area contributed by atoms with Crippen molar-refractivity contribution in [1.29, 1.82) is 0 Å². The summed E-state index contributed by atoms with van der Waals surface area (Å²) in [6.07, 6.45) is 3.19. The van der Waals surface area contributed by atoms with Gasteiger partial charge in [0, 0.05) is 38.4 Å². The van der Waals surface area contributed by atoms with E-state index in [9.17, 15) is 4.39 Å². The average molecular weight is 322 g/mol. The molecular weight excluding hydrogens is 299 g/mol. The van der Waals surface area contributed by atoms with Crippen LogP contribution in [0.25, 0.3) is 0 Å². The summed E-state index contributed by atoms with van der Waals surface area (Å²) in [5.41, 5.74) is 0. The fourth-order valence-electron chi connectivity index (χ4n) is 2.94. The number of aryl methyl sites for hydroxylation is 2. The van der Waals surface area contributed by atoms with Gasteiger partial charge in [0.05, 0.1) is 12.8 Å². The number of nitrogens with zero attached hydrogens (tertiary/aromatic N) is 3. The van der Waals surface area contributed by atoms with Crippen LogP contribution in [0.5, 0.6) is 0 Å². The first-order chi connectivity index (χ1) is 11.1. The van der Waals surface area contributed by atoms with Crippen molar-refractivity contribution in [2.45, 2.75) is 51.4 Å². The van der Waals surface area contributed by atoms with Crippen molar-refractivity contribution in [3.8, 4) is 0 Å². The molecule has 0 aromatic carbocycles. The summed E-state index contributed by atoms with van der Waals surface area (Å²) < 4.78 is 24.6. The van der Waals surface area contributed by atoms with E-state index < -0.39 is 6.17 Å². The molecule has 126 valence electrons. The van der Waals surface area contributed by atoms with Gasteiger partial charge >= 0.3 is 6.01 Å². The summed E-state index contributed by atoms with van der Waals surface area (Å²) in [5, 5.41) is 11.3. The van der Waals surface area contributed by atoms with Crippen LogP contribution in [0.1, 0.15) is 31.4 Å². The number of anilines is 1. The molecule has 1 fully saturated rings. The van der Waals surface area contributed by atoms with Crippen molar-refractivity contribution in [1.82, 2.24) is 15.5 Å². The summed E-state index contributed by atoms with van der Waals surface area (Å²) in [5.74, 6) is 1.49. The van der Waals surface area contributed by atoms with Crippen LogP contribution in [0.3, 0.4) is 0 Å². The van der Waals surface area contributed by atoms with Crippen molar-refractivity contribution in [2.75, 3.05) is 18.0 Å². The van der Waals surface area contributed by atoms with Crippen LogP contribution in [0.15, 0.2) is 27.2 Å². The van der Waals surface area contributed by atoms with Gasteiger partial charge < -0.3 is 19.1 Å². The van der Waals surface area contributed by atoms with Crippen LogP contribution >= 0.6 is 0 Å². The van der Waals surface area contributed by atoms with E-state index in [4.69, 9.17) is 8.83 Å². The first-order valence-electron chi connectivity index (χ1n) is 8.08. The van der Waals surface area contributed by atoms with E-state index in [0.29, 0.717) is 37.5 Å². The molecule has 3 atom stereocenters. The van der Waals surface area contributed by atoms with E-state index >= 15 is 0 Å². The van der Waals surface area contributed by atoms with Crippen molar-refractivity contribution in [3.05, 3.63) is 30.0 Å². The van der Waals surface area contributed by atoms with Gasteiger partial charge in [0.15, 0.2) is 0 Å². The van der Waals surface area contributed by atoms with Gasteiger partial charge in [-0.3, -0.25) is 0 Å². The molecule has 0 radical (unpaired) electrons. The van der Waals surface area contributed by atoms with Gasteiger partial charge in [0.1, 0.15) is 11.9 Å². The van der Waals surface area contributed by atoms with E-state index in [1.54, 1.807) is 13.2 Å². The molecule has 0 saturated carbocycles. The third kappa shape index (κ3) is 4.10. The Labute approximate surface area is 135 Å². The lowest BCUT2D eigenvalue weighted by Crippen LogP contribution is -2.41. The van der Waals surface area contributed by atoms with Gasteiger partial charge in [0.25, 0.3) is 0 Å². The van der Waals surface area contributed by atoms with Crippen molar-refractivity contribution >= 4 is 6.01 Å². The Hall–Kier alpha value is -1.89. The van der Waals surface area contributed by atoms with Crippen molar-refractivity contribution in [2.24, 2.45) is 0 Å². The molecule has 1 N–H and O–H groups in total. The van der Waals surface area contributed by atoms with Crippen LogP contribution in [0.2, 0.25) is 0 Å². The fourth-order valence-corrected chi connectivity index (χ4v) is 2.94. The lowest BCUT2D eigenvalue weighted by Gasteiger charge is -2.24. The standard InChI is InChI=1S/C16H23FN4O2/c1-11(5-6-15-4-3-7-22-15)18-9-14-8-13(17)10-21(14)16-20-19-12(2)23-16/h3-4,7,11,13-14,18H,5-6,8-10H2,1-2H3/t11-,13-,14-/m0/s1. The van der Waals surface area contributed by atoms with E-state index in [1.165, 1.54) is 0 Å². The number of rotatable bonds is 7. The van der Waals surface area contributed by atoms with Crippen LogP contribution in [-0.2, 0) is 6.42 Å². The summed E-state index contributed by atoms with van der Waals surface area (Å²) in [6, 6.07) is 4.66. The minimum Gasteiger partial charge on any atom is -0.469 e. The number of nitrogens with one attached hydrogen (secondary N) is 1. The predicted molar refractivity (Wildman–Crippen MR) is 84.2 cm³/mol. The summed E-state index contributed by atoms with van der Waals surface area (Å²) in [6.45, 7) is 4.88. The maximum Gasteiger partial charge on any atom is 0.318 e. The Kier molecular flexibility index (Phi) is 4.95. The lowest BCUT2D eigenvalue weighted by atomic mass is 10.1. The topological polar surface area (TPSA) is 67.3 Å². The highest BCUT2D eigenvalue weighted by Gasteiger charge is 2.35. The molecule has 1 aliphatic heterocycles. The van der Waals surface area contributed by atoms with Crippen molar-refractivity contribution < 1.29 is 13.2 Å². The molecule has 3 rings (SSSR count). The number of hydrogen-bond acceptors (Lipinski definition) is 6. The number of alkyl halides is 1. The Morgan fingerprint density at radius 2 is 2.35 bits per heavy atom. The monoisotopic (exact) mass is 322 g/mol. The second-order valence-corrected chi connectivity index (χ2v) is 6.17. The van der Waals surface area contributed by atoms with Crippen molar-refractivity contribution in [3.63, 3.8) is 0 Å². The predicted octanol–water partition coefficient (Wildman–Crippen LogP) is 2.50. The summed E-state index contributed by atoms with van der Waals surface area (Å²) in [4.78, 5) is 1.87. The highest BCUT2D eigenvalue weighted by Crippen LogP contribution is 2.26. The van der Waals surface area contributed by atoms with E-state index in [1.807, 2.05) is 17.0 Å². The molecule has 2 aromatic heterocycles. The molecule has 6 nitrogen and oxygen atoms in total. The fraction of sp³-hybridized carbons (Fsp3) is 0.625. The molecule has 3 heterocycles. The Bertz CT molecular complexity index is 601. The van der Waals surface area contributed by atoms with Gasteiger partial charge in [0.2, 0.25) is 5.89 Å². The third-order valence-corrected chi connectivity index (χ3v) is 4.23. The zero-order chi connectivity index (χ0) is 16.2. The van der Waals surface area contributed by atoms with E-state index in [-0.39, 0.29) is 6.04 Å². The van der Waals surface area contributed by atoms with Crippen LogP contribution in [-0.4, -0.2) is 41.5 Å². The highest BCUT2D eigenvalue weighted by atomic mass is 19.1. The van der Waals surface area contributed by atoms with Gasteiger partial charge in [-0.05, 0) is 25.5 Å². The maximum absolute atomic E-state index is 13.8. The molecule has 0 aliphatic carbocycles. The zero-order valence-electron chi connectivity index (χ0n) is 13.5. The zero-order valence-corrected chi connectivity index (χ0v) is 13.5. The Morgan fingerprint density at radius 1 is 1.48 bits per heavy atom. The molecule has 1 saturated heterocycles. The van der Waals surface area contributed by atoms with Crippen LogP contribution in [0.4, 0.5) is 10.4 Å².